The van der Waals surface area contributed by atoms with Crippen molar-refractivity contribution in [2.45, 2.75) is 20.8 Å². The summed E-state index contributed by atoms with van der Waals surface area (Å²) in [5.74, 6) is 0.661. The zero-order valence-corrected chi connectivity index (χ0v) is 20.4. The summed E-state index contributed by atoms with van der Waals surface area (Å²) >= 11 is 0. The lowest BCUT2D eigenvalue weighted by Crippen LogP contribution is -2.02. The molecule has 0 fully saturated rings. The number of nitriles is 1. The Bertz CT molecular complexity index is 1800. The average Bonchev–Trinajstić information content (AvgIpc) is 3.22. The van der Waals surface area contributed by atoms with Crippen LogP contribution in [0, 0.1) is 32.1 Å². The summed E-state index contributed by atoms with van der Waals surface area (Å²) in [5.41, 5.74) is 9.98. The van der Waals surface area contributed by atoms with Gasteiger partial charge >= 0.3 is 0 Å². The van der Waals surface area contributed by atoms with Gasteiger partial charge in [0, 0.05) is 27.7 Å². The summed E-state index contributed by atoms with van der Waals surface area (Å²) in [6.07, 6.45) is 0. The van der Waals surface area contributed by atoms with Crippen LogP contribution >= 0.6 is 0 Å². The van der Waals surface area contributed by atoms with Crippen LogP contribution in [0.3, 0.4) is 0 Å². The highest BCUT2D eigenvalue weighted by atomic mass is 15.0. The van der Waals surface area contributed by atoms with E-state index >= 15 is 0 Å². The molecule has 0 saturated carbocycles. The van der Waals surface area contributed by atoms with E-state index in [9.17, 15) is 5.26 Å². The van der Waals surface area contributed by atoms with Gasteiger partial charge in [0.1, 0.15) is 0 Å². The first-order chi connectivity index (χ1) is 17.5. The first kappa shape index (κ1) is 21.8. The van der Waals surface area contributed by atoms with E-state index in [2.05, 4.69) is 84.3 Å². The van der Waals surface area contributed by atoms with E-state index in [4.69, 9.17) is 9.97 Å². The maximum atomic E-state index is 9.73. The fraction of sp³-hybridized carbons (Fsp3) is 0.0938. The molecular formula is C32H24N4. The van der Waals surface area contributed by atoms with Crippen molar-refractivity contribution in [3.05, 3.63) is 114 Å². The summed E-state index contributed by atoms with van der Waals surface area (Å²) in [6, 6.07) is 33.7. The highest BCUT2D eigenvalue weighted by molar-refractivity contribution is 6.11. The largest absolute Gasteiger partial charge is 0.308 e. The molecule has 0 aliphatic carbocycles. The number of hydrogen-bond acceptors (Lipinski definition) is 3. The Morgan fingerprint density at radius 3 is 2.11 bits per heavy atom. The van der Waals surface area contributed by atoms with Crippen LogP contribution in [0.4, 0.5) is 0 Å². The van der Waals surface area contributed by atoms with Gasteiger partial charge in [0.05, 0.1) is 28.4 Å². The number of para-hydroxylation sites is 1. The zero-order valence-electron chi connectivity index (χ0n) is 20.4. The third-order valence-electron chi connectivity index (χ3n) is 6.65. The van der Waals surface area contributed by atoms with Gasteiger partial charge in [0.15, 0.2) is 5.82 Å². The molecule has 2 aromatic heterocycles. The molecule has 6 aromatic rings. The van der Waals surface area contributed by atoms with Crippen LogP contribution in [-0.2, 0) is 0 Å². The van der Waals surface area contributed by atoms with E-state index in [1.807, 2.05) is 38.1 Å². The van der Waals surface area contributed by atoms with Gasteiger partial charge in [-0.3, -0.25) is 0 Å². The van der Waals surface area contributed by atoms with Crippen molar-refractivity contribution in [3.63, 3.8) is 0 Å². The van der Waals surface area contributed by atoms with Crippen molar-refractivity contribution in [1.82, 2.24) is 14.5 Å². The van der Waals surface area contributed by atoms with E-state index in [0.717, 1.165) is 39.1 Å². The van der Waals surface area contributed by atoms with Crippen molar-refractivity contribution in [3.8, 4) is 34.3 Å². The molecule has 0 N–H and O–H groups in total. The van der Waals surface area contributed by atoms with Crippen LogP contribution in [0.25, 0.3) is 50.0 Å². The molecule has 4 heteroatoms. The Labute approximate surface area is 210 Å². The molecule has 172 valence electrons. The predicted octanol–water partition coefficient (Wildman–Crippen LogP) is 7.70. The Balaban J connectivity index is 1.67. The third-order valence-corrected chi connectivity index (χ3v) is 6.65. The van der Waals surface area contributed by atoms with Crippen molar-refractivity contribution in [1.29, 1.82) is 5.26 Å². The van der Waals surface area contributed by atoms with E-state index in [1.54, 1.807) is 0 Å². The number of fused-ring (bicyclic) bond motifs is 3. The summed E-state index contributed by atoms with van der Waals surface area (Å²) in [5, 5.41) is 12.1. The van der Waals surface area contributed by atoms with Gasteiger partial charge in [-0.25, -0.2) is 9.97 Å². The number of rotatable bonds is 3. The summed E-state index contributed by atoms with van der Waals surface area (Å²) in [7, 11) is 0. The Morgan fingerprint density at radius 2 is 1.36 bits per heavy atom. The highest BCUT2D eigenvalue weighted by Crippen LogP contribution is 2.37. The average molecular weight is 465 g/mol. The van der Waals surface area contributed by atoms with E-state index in [0.29, 0.717) is 11.4 Å². The molecule has 0 spiro atoms. The standard InChI is InChI=1S/C32H24N4/c1-20-8-11-24(12-9-20)25-13-15-30-28(18-25)26-6-4-5-7-29(26)36(30)31-17-23(19-33)10-14-27(31)32-34-21(2)16-22(3)35-32/h4-18H,1-3H3. The Morgan fingerprint density at radius 1 is 0.667 bits per heavy atom. The minimum Gasteiger partial charge on any atom is -0.308 e. The SMILES string of the molecule is Cc1ccc(-c2ccc3c(c2)c2ccccc2n3-c2cc(C#N)ccc2-c2nc(C)cc(C)n2)cc1. The van der Waals surface area contributed by atoms with E-state index in [1.165, 1.54) is 22.1 Å². The molecule has 36 heavy (non-hydrogen) atoms. The lowest BCUT2D eigenvalue weighted by atomic mass is 10.0. The number of nitrogens with zero attached hydrogens (tertiary/aromatic N) is 4. The van der Waals surface area contributed by atoms with Crippen molar-refractivity contribution >= 4 is 21.8 Å². The van der Waals surface area contributed by atoms with Crippen molar-refractivity contribution < 1.29 is 0 Å². The molecule has 0 radical (unpaired) electrons. The molecule has 0 unspecified atom stereocenters. The fourth-order valence-electron chi connectivity index (χ4n) is 4.98. The summed E-state index contributed by atoms with van der Waals surface area (Å²) in [6.45, 7) is 6.07. The highest BCUT2D eigenvalue weighted by Gasteiger charge is 2.18. The first-order valence-electron chi connectivity index (χ1n) is 12.0. The molecule has 0 atom stereocenters. The quantitative estimate of drug-likeness (QED) is 0.270. The van der Waals surface area contributed by atoms with Crippen LogP contribution < -0.4 is 0 Å². The van der Waals surface area contributed by atoms with Crippen LogP contribution in [-0.4, -0.2) is 14.5 Å². The Kier molecular flexibility index (Phi) is 5.13. The predicted molar refractivity (Wildman–Crippen MR) is 146 cm³/mol. The minimum atomic E-state index is 0.598. The lowest BCUT2D eigenvalue weighted by molar-refractivity contribution is 1.05. The molecular weight excluding hydrogens is 440 g/mol. The maximum absolute atomic E-state index is 9.73. The van der Waals surface area contributed by atoms with Gasteiger partial charge in [-0.05, 0) is 74.4 Å². The molecule has 4 nitrogen and oxygen atoms in total. The molecule has 0 saturated heterocycles. The van der Waals surface area contributed by atoms with Gasteiger partial charge in [-0.2, -0.15) is 5.26 Å². The van der Waals surface area contributed by atoms with E-state index < -0.39 is 0 Å². The normalized spacial score (nSPS) is 11.2. The van der Waals surface area contributed by atoms with E-state index in [-0.39, 0.29) is 0 Å². The molecule has 0 bridgehead atoms. The van der Waals surface area contributed by atoms with Gasteiger partial charge in [0.2, 0.25) is 0 Å². The molecule has 6 rings (SSSR count). The second-order valence-electron chi connectivity index (χ2n) is 9.27. The van der Waals surface area contributed by atoms with Crippen LogP contribution in [0.5, 0.6) is 0 Å². The van der Waals surface area contributed by atoms with Crippen molar-refractivity contribution in [2.75, 3.05) is 0 Å². The van der Waals surface area contributed by atoms with Gasteiger partial charge < -0.3 is 4.57 Å². The van der Waals surface area contributed by atoms with Crippen molar-refractivity contribution in [2.24, 2.45) is 0 Å². The fourth-order valence-corrected chi connectivity index (χ4v) is 4.98. The number of hydrogen-bond donors (Lipinski definition) is 0. The first-order valence-corrected chi connectivity index (χ1v) is 12.0. The van der Waals surface area contributed by atoms with Crippen LogP contribution in [0.2, 0.25) is 0 Å². The molecule has 0 aliphatic rings. The third kappa shape index (κ3) is 3.62. The van der Waals surface area contributed by atoms with Gasteiger partial charge in [-0.1, -0.05) is 54.1 Å². The zero-order chi connectivity index (χ0) is 24.8. The van der Waals surface area contributed by atoms with Crippen LogP contribution in [0.1, 0.15) is 22.5 Å². The lowest BCUT2D eigenvalue weighted by Gasteiger charge is -2.14. The molecule has 2 heterocycles. The second-order valence-corrected chi connectivity index (χ2v) is 9.27. The number of benzene rings is 4. The number of aromatic nitrogens is 3. The topological polar surface area (TPSA) is 54.5 Å². The summed E-state index contributed by atoms with van der Waals surface area (Å²) < 4.78 is 2.24. The smallest absolute Gasteiger partial charge is 0.161 e. The van der Waals surface area contributed by atoms with Crippen LogP contribution in [0.15, 0.2) is 91.0 Å². The number of aryl methyl sites for hydroxylation is 3. The monoisotopic (exact) mass is 464 g/mol. The van der Waals surface area contributed by atoms with Gasteiger partial charge in [0.25, 0.3) is 0 Å². The maximum Gasteiger partial charge on any atom is 0.161 e. The molecule has 0 amide bonds. The van der Waals surface area contributed by atoms with Gasteiger partial charge in [-0.15, -0.1) is 0 Å². The Hall–Kier alpha value is -4.75. The summed E-state index contributed by atoms with van der Waals surface area (Å²) in [4.78, 5) is 9.49. The second kappa shape index (κ2) is 8.48. The molecule has 0 aliphatic heterocycles. The molecule has 4 aromatic carbocycles. The minimum absolute atomic E-state index is 0.598.